The standard InChI is InChI=1S/C14H17FN2O/c1-17-11-3-4-12(17)7-10(6-11)14(18)9-2-5-13(15)16-8-9/h2,5,8,10-12H,3-4,6-7H2,1H3. The van der Waals surface area contributed by atoms with Crippen molar-refractivity contribution in [1.29, 1.82) is 0 Å². The minimum absolute atomic E-state index is 0.0889. The maximum absolute atomic E-state index is 12.7. The van der Waals surface area contributed by atoms with Crippen LogP contribution in [0.3, 0.4) is 0 Å². The summed E-state index contributed by atoms with van der Waals surface area (Å²) in [6.07, 6.45) is 5.63. The lowest BCUT2D eigenvalue weighted by atomic mass is 9.85. The molecule has 0 aromatic carbocycles. The zero-order valence-corrected chi connectivity index (χ0v) is 10.5. The van der Waals surface area contributed by atoms with Gasteiger partial charge in [0.15, 0.2) is 5.78 Å². The molecule has 3 nitrogen and oxygen atoms in total. The Labute approximate surface area is 106 Å². The Morgan fingerprint density at radius 2 is 2.00 bits per heavy atom. The number of fused-ring (bicyclic) bond motifs is 2. The van der Waals surface area contributed by atoms with E-state index in [1.54, 1.807) is 6.07 Å². The van der Waals surface area contributed by atoms with Crippen molar-refractivity contribution in [2.24, 2.45) is 5.92 Å². The highest BCUT2D eigenvalue weighted by Gasteiger charge is 2.40. The third-order valence-electron chi connectivity index (χ3n) is 4.48. The number of Topliss-reactive ketones (excluding diaryl/α,β-unsaturated/α-hetero) is 1. The van der Waals surface area contributed by atoms with Crippen molar-refractivity contribution in [2.75, 3.05) is 7.05 Å². The first-order valence-electron chi connectivity index (χ1n) is 6.53. The van der Waals surface area contributed by atoms with Crippen LogP contribution in [0.4, 0.5) is 4.39 Å². The van der Waals surface area contributed by atoms with Crippen LogP contribution in [0, 0.1) is 11.9 Å². The van der Waals surface area contributed by atoms with Crippen LogP contribution in [-0.4, -0.2) is 34.8 Å². The van der Waals surface area contributed by atoms with Crippen LogP contribution in [0.2, 0.25) is 0 Å². The van der Waals surface area contributed by atoms with Crippen LogP contribution in [0.25, 0.3) is 0 Å². The van der Waals surface area contributed by atoms with Gasteiger partial charge in [-0.15, -0.1) is 0 Å². The molecular weight excluding hydrogens is 231 g/mol. The Bertz CT molecular complexity index is 445. The third kappa shape index (κ3) is 1.94. The van der Waals surface area contributed by atoms with Crippen LogP contribution in [0.5, 0.6) is 0 Å². The van der Waals surface area contributed by atoms with E-state index in [1.165, 1.54) is 25.1 Å². The molecule has 1 aromatic heterocycles. The second kappa shape index (κ2) is 4.43. The largest absolute Gasteiger partial charge is 0.300 e. The first kappa shape index (κ1) is 11.8. The molecule has 2 aliphatic rings. The Balaban J connectivity index is 1.76. The molecule has 1 aromatic rings. The maximum Gasteiger partial charge on any atom is 0.212 e. The van der Waals surface area contributed by atoms with Gasteiger partial charge >= 0.3 is 0 Å². The Hall–Kier alpha value is -1.29. The van der Waals surface area contributed by atoms with Crippen molar-refractivity contribution in [2.45, 2.75) is 37.8 Å². The summed E-state index contributed by atoms with van der Waals surface area (Å²) in [6.45, 7) is 0. The highest BCUT2D eigenvalue weighted by Crippen LogP contribution is 2.38. The minimum atomic E-state index is -0.532. The number of nitrogens with zero attached hydrogens (tertiary/aromatic N) is 2. The molecule has 2 saturated heterocycles. The second-order valence-electron chi connectivity index (χ2n) is 5.45. The predicted octanol–water partition coefficient (Wildman–Crippen LogP) is 2.28. The molecule has 0 amide bonds. The van der Waals surface area contributed by atoms with Gasteiger partial charge in [0.05, 0.1) is 0 Å². The fourth-order valence-electron chi connectivity index (χ4n) is 3.38. The summed E-state index contributed by atoms with van der Waals surface area (Å²) in [7, 11) is 2.16. The SMILES string of the molecule is CN1C2CCC1CC(C(=O)c1ccc(F)nc1)C2. The van der Waals surface area contributed by atoms with Gasteiger partial charge in [-0.25, -0.2) is 4.98 Å². The summed E-state index contributed by atoms with van der Waals surface area (Å²) in [5, 5.41) is 0. The lowest BCUT2D eigenvalue weighted by molar-refractivity contribution is 0.0766. The molecular formula is C14H17FN2O. The summed E-state index contributed by atoms with van der Waals surface area (Å²) in [5.41, 5.74) is 0.547. The van der Waals surface area contributed by atoms with Crippen LogP contribution >= 0.6 is 0 Å². The van der Waals surface area contributed by atoms with Crippen molar-refractivity contribution in [3.63, 3.8) is 0 Å². The van der Waals surface area contributed by atoms with E-state index in [0.717, 1.165) is 12.8 Å². The van der Waals surface area contributed by atoms with Crippen LogP contribution in [0.1, 0.15) is 36.0 Å². The molecule has 96 valence electrons. The van der Waals surface area contributed by atoms with E-state index in [-0.39, 0.29) is 11.7 Å². The lowest BCUT2D eigenvalue weighted by Gasteiger charge is -2.35. The first-order valence-corrected chi connectivity index (χ1v) is 6.53. The molecule has 2 fully saturated rings. The van der Waals surface area contributed by atoms with Gasteiger partial charge in [-0.2, -0.15) is 4.39 Å². The number of rotatable bonds is 2. The number of halogens is 1. The normalized spacial score (nSPS) is 31.6. The molecule has 2 unspecified atom stereocenters. The van der Waals surface area contributed by atoms with Crippen LogP contribution in [0.15, 0.2) is 18.3 Å². The van der Waals surface area contributed by atoms with Crippen molar-refractivity contribution in [1.82, 2.24) is 9.88 Å². The maximum atomic E-state index is 12.7. The molecule has 0 aliphatic carbocycles. The fraction of sp³-hybridized carbons (Fsp3) is 0.571. The summed E-state index contributed by atoms with van der Waals surface area (Å²) >= 11 is 0. The van der Waals surface area contributed by atoms with E-state index in [9.17, 15) is 9.18 Å². The molecule has 3 rings (SSSR count). The highest BCUT2D eigenvalue weighted by atomic mass is 19.1. The third-order valence-corrected chi connectivity index (χ3v) is 4.48. The monoisotopic (exact) mass is 248 g/mol. The van der Waals surface area contributed by atoms with E-state index < -0.39 is 5.95 Å². The Morgan fingerprint density at radius 3 is 2.56 bits per heavy atom. The Morgan fingerprint density at radius 1 is 1.33 bits per heavy atom. The predicted molar refractivity (Wildman–Crippen MR) is 65.8 cm³/mol. The summed E-state index contributed by atoms with van der Waals surface area (Å²) < 4.78 is 12.7. The number of ketones is 1. The summed E-state index contributed by atoms with van der Waals surface area (Å²) in [4.78, 5) is 18.3. The van der Waals surface area contributed by atoms with Gasteiger partial charge in [-0.05, 0) is 44.9 Å². The van der Waals surface area contributed by atoms with E-state index in [0.29, 0.717) is 17.6 Å². The number of carbonyl (C=O) groups excluding carboxylic acids is 1. The zero-order valence-electron chi connectivity index (χ0n) is 10.5. The average Bonchev–Trinajstić information content (AvgIpc) is 2.62. The second-order valence-corrected chi connectivity index (χ2v) is 5.45. The molecule has 0 spiro atoms. The van der Waals surface area contributed by atoms with Gasteiger partial charge in [0.1, 0.15) is 0 Å². The van der Waals surface area contributed by atoms with Gasteiger partial charge in [-0.1, -0.05) is 0 Å². The zero-order chi connectivity index (χ0) is 12.7. The smallest absolute Gasteiger partial charge is 0.212 e. The molecule has 4 heteroatoms. The average molecular weight is 248 g/mol. The molecule has 3 heterocycles. The van der Waals surface area contributed by atoms with Crippen molar-refractivity contribution in [3.8, 4) is 0 Å². The number of carbonyl (C=O) groups is 1. The number of hydrogen-bond donors (Lipinski definition) is 0. The van der Waals surface area contributed by atoms with Gasteiger partial charge < -0.3 is 4.90 Å². The van der Waals surface area contributed by atoms with Gasteiger partial charge in [0, 0.05) is 29.8 Å². The van der Waals surface area contributed by atoms with Crippen LogP contribution < -0.4 is 0 Å². The van der Waals surface area contributed by atoms with Gasteiger partial charge in [0.2, 0.25) is 5.95 Å². The quantitative estimate of drug-likeness (QED) is 0.594. The van der Waals surface area contributed by atoms with E-state index in [1.807, 2.05) is 0 Å². The number of pyridine rings is 1. The topological polar surface area (TPSA) is 33.2 Å². The molecule has 18 heavy (non-hydrogen) atoms. The molecule has 2 bridgehead atoms. The molecule has 2 aliphatic heterocycles. The number of aromatic nitrogens is 1. The van der Waals surface area contributed by atoms with E-state index >= 15 is 0 Å². The number of piperidine rings is 1. The Kier molecular flexibility index (Phi) is 2.90. The van der Waals surface area contributed by atoms with Crippen molar-refractivity contribution >= 4 is 5.78 Å². The van der Waals surface area contributed by atoms with Gasteiger partial charge in [0.25, 0.3) is 0 Å². The highest BCUT2D eigenvalue weighted by molar-refractivity contribution is 5.97. The van der Waals surface area contributed by atoms with E-state index in [4.69, 9.17) is 0 Å². The molecule has 2 atom stereocenters. The van der Waals surface area contributed by atoms with E-state index in [2.05, 4.69) is 16.9 Å². The summed E-state index contributed by atoms with van der Waals surface area (Å²) in [6, 6.07) is 3.90. The minimum Gasteiger partial charge on any atom is -0.300 e. The number of hydrogen-bond acceptors (Lipinski definition) is 3. The lowest BCUT2D eigenvalue weighted by Crippen LogP contribution is -2.42. The molecule has 0 saturated carbocycles. The van der Waals surface area contributed by atoms with Crippen molar-refractivity contribution in [3.05, 3.63) is 29.8 Å². The molecule has 0 N–H and O–H groups in total. The summed E-state index contributed by atoms with van der Waals surface area (Å²) in [5.74, 6) is -0.312. The first-order chi connectivity index (χ1) is 8.65. The fourth-order valence-corrected chi connectivity index (χ4v) is 3.38. The van der Waals surface area contributed by atoms with Gasteiger partial charge in [-0.3, -0.25) is 4.79 Å². The van der Waals surface area contributed by atoms with Crippen molar-refractivity contribution < 1.29 is 9.18 Å². The van der Waals surface area contributed by atoms with Crippen LogP contribution in [-0.2, 0) is 0 Å². The molecule has 0 radical (unpaired) electrons.